The van der Waals surface area contributed by atoms with Crippen LogP contribution in [0.4, 0.5) is 0 Å². The predicted octanol–water partition coefficient (Wildman–Crippen LogP) is 2.83. The molecule has 0 aliphatic carbocycles. The number of carbonyl (C=O) groups excluding carboxylic acids is 1. The van der Waals surface area contributed by atoms with E-state index in [-0.39, 0.29) is 11.9 Å². The minimum Gasteiger partial charge on any atom is -0.466 e. The van der Waals surface area contributed by atoms with Gasteiger partial charge in [0.05, 0.1) is 12.5 Å². The number of aryl methyl sites for hydroxylation is 1. The third-order valence-electron chi connectivity index (χ3n) is 3.54. The summed E-state index contributed by atoms with van der Waals surface area (Å²) in [4.78, 5) is 15.5. The van der Waals surface area contributed by atoms with Gasteiger partial charge in [-0.3, -0.25) is 9.69 Å². The third-order valence-corrected chi connectivity index (χ3v) is 4.55. The fraction of sp³-hybridized carbons (Fsp3) is 0.643. The first-order valence-electron chi connectivity index (χ1n) is 6.62. The van der Waals surface area contributed by atoms with Crippen LogP contribution in [0, 0.1) is 12.8 Å². The molecule has 0 bridgehead atoms. The van der Waals surface area contributed by atoms with E-state index in [1.165, 1.54) is 10.4 Å². The number of hydrogen-bond acceptors (Lipinski definition) is 4. The fourth-order valence-corrected chi connectivity index (χ4v) is 3.30. The number of likely N-dealkylation sites (tertiary alicyclic amines) is 1. The van der Waals surface area contributed by atoms with Gasteiger partial charge in [0.15, 0.2) is 0 Å². The summed E-state index contributed by atoms with van der Waals surface area (Å²) in [5.74, 6) is 0.107. The Morgan fingerprint density at radius 3 is 2.78 bits per heavy atom. The molecule has 1 fully saturated rings. The van der Waals surface area contributed by atoms with Crippen molar-refractivity contribution in [1.82, 2.24) is 4.90 Å². The molecule has 0 spiro atoms. The van der Waals surface area contributed by atoms with Crippen molar-refractivity contribution in [1.29, 1.82) is 0 Å². The Labute approximate surface area is 113 Å². The predicted molar refractivity (Wildman–Crippen MR) is 73.7 cm³/mol. The van der Waals surface area contributed by atoms with E-state index < -0.39 is 0 Å². The number of rotatable bonds is 4. The van der Waals surface area contributed by atoms with Crippen LogP contribution in [0.5, 0.6) is 0 Å². The lowest BCUT2D eigenvalue weighted by molar-refractivity contribution is -0.149. The van der Waals surface area contributed by atoms with E-state index >= 15 is 0 Å². The number of hydrogen-bond donors (Lipinski definition) is 0. The second kappa shape index (κ2) is 6.34. The minimum absolute atomic E-state index is 0.00976. The molecule has 3 nitrogen and oxygen atoms in total. The van der Waals surface area contributed by atoms with Crippen molar-refractivity contribution in [2.45, 2.75) is 33.2 Å². The average molecular weight is 267 g/mol. The molecule has 0 aromatic carbocycles. The van der Waals surface area contributed by atoms with Gasteiger partial charge >= 0.3 is 5.97 Å². The van der Waals surface area contributed by atoms with Crippen LogP contribution < -0.4 is 0 Å². The van der Waals surface area contributed by atoms with Gasteiger partial charge in [-0.05, 0) is 56.8 Å². The van der Waals surface area contributed by atoms with Gasteiger partial charge in [-0.25, -0.2) is 0 Å². The maximum Gasteiger partial charge on any atom is 0.309 e. The maximum atomic E-state index is 11.6. The number of esters is 1. The van der Waals surface area contributed by atoms with Crippen LogP contribution in [0.3, 0.4) is 0 Å². The minimum atomic E-state index is -0.00976. The lowest BCUT2D eigenvalue weighted by atomic mass is 9.97. The molecule has 1 aliphatic rings. The Morgan fingerprint density at radius 2 is 2.22 bits per heavy atom. The van der Waals surface area contributed by atoms with Gasteiger partial charge in [0.1, 0.15) is 0 Å². The molecule has 2 heterocycles. The highest BCUT2D eigenvalue weighted by molar-refractivity contribution is 7.10. The summed E-state index contributed by atoms with van der Waals surface area (Å²) in [6.07, 6.45) is 1.87. The third kappa shape index (κ3) is 3.33. The first-order valence-corrected chi connectivity index (χ1v) is 7.50. The molecule has 1 aliphatic heterocycles. The smallest absolute Gasteiger partial charge is 0.309 e. The molecule has 2 rings (SSSR count). The molecule has 0 saturated carbocycles. The van der Waals surface area contributed by atoms with Gasteiger partial charge in [0.2, 0.25) is 0 Å². The van der Waals surface area contributed by atoms with E-state index in [0.717, 1.165) is 32.5 Å². The molecule has 4 heteroatoms. The zero-order valence-corrected chi connectivity index (χ0v) is 12.0. The molecule has 1 saturated heterocycles. The molecule has 0 unspecified atom stereocenters. The van der Waals surface area contributed by atoms with Crippen molar-refractivity contribution in [3.63, 3.8) is 0 Å². The Morgan fingerprint density at radius 1 is 1.50 bits per heavy atom. The molecular formula is C14H21NO2S. The van der Waals surface area contributed by atoms with Crippen LogP contribution in [0.1, 0.15) is 30.2 Å². The maximum absolute atomic E-state index is 11.6. The summed E-state index contributed by atoms with van der Waals surface area (Å²) >= 11 is 1.83. The second-order valence-corrected chi connectivity index (χ2v) is 5.83. The number of piperidine rings is 1. The van der Waals surface area contributed by atoms with Gasteiger partial charge in [0.25, 0.3) is 0 Å². The zero-order chi connectivity index (χ0) is 13.0. The Hall–Kier alpha value is -0.870. The summed E-state index contributed by atoms with van der Waals surface area (Å²) in [5.41, 5.74) is 1.38. The van der Waals surface area contributed by atoms with Crippen molar-refractivity contribution in [2.75, 3.05) is 19.7 Å². The first kappa shape index (κ1) is 13.6. The molecule has 1 aromatic heterocycles. The van der Waals surface area contributed by atoms with Crippen LogP contribution in [0.25, 0.3) is 0 Å². The number of thiophene rings is 1. The van der Waals surface area contributed by atoms with E-state index in [1.54, 1.807) is 0 Å². The number of ether oxygens (including phenoxy) is 1. The van der Waals surface area contributed by atoms with E-state index in [2.05, 4.69) is 23.3 Å². The van der Waals surface area contributed by atoms with Crippen molar-refractivity contribution in [3.05, 3.63) is 21.9 Å². The highest BCUT2D eigenvalue weighted by Crippen LogP contribution is 2.23. The fourth-order valence-electron chi connectivity index (χ4n) is 2.36. The van der Waals surface area contributed by atoms with Gasteiger partial charge < -0.3 is 4.74 Å². The topological polar surface area (TPSA) is 29.5 Å². The Kier molecular flexibility index (Phi) is 4.78. The summed E-state index contributed by atoms with van der Waals surface area (Å²) in [6.45, 7) is 7.55. The normalized spacial score (nSPS) is 17.9. The molecule has 0 N–H and O–H groups in total. The molecule has 18 heavy (non-hydrogen) atoms. The lowest BCUT2D eigenvalue weighted by Gasteiger charge is -2.30. The van der Waals surface area contributed by atoms with E-state index in [9.17, 15) is 4.79 Å². The van der Waals surface area contributed by atoms with Gasteiger partial charge in [-0.15, -0.1) is 11.3 Å². The standard InChI is InChI=1S/C14H21NO2S/c1-3-17-14(16)12-4-7-15(8-5-12)10-13-11(2)6-9-18-13/h6,9,12H,3-5,7-8,10H2,1-2H3. The van der Waals surface area contributed by atoms with Crippen molar-refractivity contribution in [3.8, 4) is 0 Å². The quantitative estimate of drug-likeness (QED) is 0.786. The first-order chi connectivity index (χ1) is 8.70. The van der Waals surface area contributed by atoms with Gasteiger partial charge in [-0.2, -0.15) is 0 Å². The van der Waals surface area contributed by atoms with Crippen LogP contribution in [0.15, 0.2) is 11.4 Å². The molecule has 0 amide bonds. The summed E-state index contributed by atoms with van der Waals surface area (Å²) < 4.78 is 5.09. The molecule has 0 radical (unpaired) electrons. The van der Waals surface area contributed by atoms with Crippen molar-refractivity contribution >= 4 is 17.3 Å². The van der Waals surface area contributed by atoms with Gasteiger partial charge in [-0.1, -0.05) is 0 Å². The average Bonchev–Trinajstić information content (AvgIpc) is 2.76. The van der Waals surface area contributed by atoms with E-state index in [1.807, 2.05) is 18.3 Å². The summed E-state index contributed by atoms with van der Waals surface area (Å²) in [6, 6.07) is 2.17. The second-order valence-electron chi connectivity index (χ2n) is 4.83. The highest BCUT2D eigenvalue weighted by Gasteiger charge is 2.26. The SMILES string of the molecule is CCOC(=O)C1CCN(Cc2sccc2C)CC1. The summed E-state index contributed by atoms with van der Waals surface area (Å²) in [7, 11) is 0. The van der Waals surface area contributed by atoms with Crippen LogP contribution in [-0.4, -0.2) is 30.6 Å². The lowest BCUT2D eigenvalue weighted by Crippen LogP contribution is -2.36. The van der Waals surface area contributed by atoms with Gasteiger partial charge in [0, 0.05) is 11.4 Å². The molecule has 0 atom stereocenters. The summed E-state index contributed by atoms with van der Waals surface area (Å²) in [5, 5.41) is 2.15. The monoisotopic (exact) mass is 267 g/mol. The number of nitrogens with zero attached hydrogens (tertiary/aromatic N) is 1. The van der Waals surface area contributed by atoms with Crippen LogP contribution in [0.2, 0.25) is 0 Å². The van der Waals surface area contributed by atoms with Crippen LogP contribution >= 0.6 is 11.3 Å². The highest BCUT2D eigenvalue weighted by atomic mass is 32.1. The van der Waals surface area contributed by atoms with Crippen molar-refractivity contribution in [2.24, 2.45) is 5.92 Å². The number of carbonyl (C=O) groups is 1. The Balaban J connectivity index is 1.80. The zero-order valence-electron chi connectivity index (χ0n) is 11.1. The van der Waals surface area contributed by atoms with E-state index in [0.29, 0.717) is 6.61 Å². The van der Waals surface area contributed by atoms with E-state index in [4.69, 9.17) is 4.74 Å². The molecular weight excluding hydrogens is 246 g/mol. The van der Waals surface area contributed by atoms with Crippen molar-refractivity contribution < 1.29 is 9.53 Å². The molecule has 100 valence electrons. The largest absolute Gasteiger partial charge is 0.466 e. The van der Waals surface area contributed by atoms with Crippen LogP contribution in [-0.2, 0) is 16.1 Å². The molecule has 1 aromatic rings. The Bertz CT molecular complexity index is 394.